The first kappa shape index (κ1) is 13.2. The fourth-order valence-corrected chi connectivity index (χ4v) is 2.35. The van der Waals surface area contributed by atoms with Crippen LogP contribution in [0, 0.1) is 5.41 Å². The lowest BCUT2D eigenvalue weighted by Crippen LogP contribution is -2.32. The normalized spacial score (nSPS) is 30.2. The van der Waals surface area contributed by atoms with Gasteiger partial charge in [0.05, 0.1) is 18.6 Å². The number of rotatable bonds is 2. The van der Waals surface area contributed by atoms with Crippen LogP contribution in [-0.2, 0) is 11.8 Å². The molecule has 0 aliphatic carbocycles. The molecule has 1 aliphatic rings. The van der Waals surface area contributed by atoms with Crippen LogP contribution in [0.4, 0.5) is 0 Å². The fourth-order valence-electron chi connectivity index (χ4n) is 2.35. The first-order chi connectivity index (χ1) is 9.54. The van der Waals surface area contributed by atoms with Gasteiger partial charge in [0.2, 0.25) is 0 Å². The van der Waals surface area contributed by atoms with Crippen LogP contribution in [0.2, 0.25) is 0 Å². The molecule has 0 aromatic carbocycles. The number of aromatic amines is 1. The van der Waals surface area contributed by atoms with Gasteiger partial charge < -0.3 is 24.6 Å². The molecule has 0 saturated carbocycles. The Morgan fingerprint density at radius 3 is 2.80 bits per heavy atom. The van der Waals surface area contributed by atoms with Crippen molar-refractivity contribution in [2.75, 3.05) is 6.61 Å². The lowest BCUT2D eigenvalue weighted by Gasteiger charge is -2.12. The van der Waals surface area contributed by atoms with Crippen molar-refractivity contribution in [3.63, 3.8) is 0 Å². The molecule has 1 unspecified atom stereocenters. The Kier molecular flexibility index (Phi) is 3.05. The summed E-state index contributed by atoms with van der Waals surface area (Å²) >= 11 is 0. The zero-order chi connectivity index (χ0) is 14.4. The summed E-state index contributed by atoms with van der Waals surface area (Å²) in [6, 6.07) is 0. The average Bonchev–Trinajstić information content (AvgIpc) is 2.98. The second-order valence-electron chi connectivity index (χ2n) is 4.80. The van der Waals surface area contributed by atoms with Crippen LogP contribution in [0.15, 0.2) is 6.33 Å². The monoisotopic (exact) mass is 281 g/mol. The van der Waals surface area contributed by atoms with Crippen molar-refractivity contribution >= 4 is 11.0 Å². The molecule has 0 radical (unpaired) electrons. The largest absolute Gasteiger partial charge is 0.394 e. The molecule has 2 aromatic rings. The van der Waals surface area contributed by atoms with Gasteiger partial charge in [0, 0.05) is 7.05 Å². The molecule has 4 atom stereocenters. The first-order valence-corrected chi connectivity index (χ1v) is 6.11. The molecule has 5 N–H and O–H groups in total. The third kappa shape index (κ3) is 1.75. The minimum absolute atomic E-state index is 0.171. The van der Waals surface area contributed by atoms with Crippen molar-refractivity contribution in [2.24, 2.45) is 7.05 Å². The summed E-state index contributed by atoms with van der Waals surface area (Å²) in [5.41, 5.74) is 1.31. The van der Waals surface area contributed by atoms with Crippen LogP contribution in [0.3, 0.4) is 0 Å². The standard InChI is InChI=1S/C11H15N5O4/c1-16-3-13-5-6(14-15-7(5)11(16)12)10-9(19)8(18)4(2-17)20-10/h3-4,8-10,12,17-19H,2H2,1H3,(H,14,15)/t4-,8?,9+,10+/m1/s1. The third-order valence-corrected chi connectivity index (χ3v) is 3.53. The molecule has 3 rings (SSSR count). The summed E-state index contributed by atoms with van der Waals surface area (Å²) in [5, 5.41) is 43.4. The predicted octanol–water partition coefficient (Wildman–Crippen LogP) is -2.07. The van der Waals surface area contributed by atoms with Crippen molar-refractivity contribution < 1.29 is 20.1 Å². The number of aliphatic hydroxyl groups is 3. The minimum Gasteiger partial charge on any atom is -0.394 e. The number of aromatic nitrogens is 4. The van der Waals surface area contributed by atoms with Gasteiger partial charge in [0.25, 0.3) is 0 Å². The van der Waals surface area contributed by atoms with Gasteiger partial charge in [0.1, 0.15) is 29.9 Å². The molecule has 1 fully saturated rings. The van der Waals surface area contributed by atoms with Gasteiger partial charge in [-0.15, -0.1) is 0 Å². The quantitative estimate of drug-likeness (QED) is 0.428. The molecule has 9 nitrogen and oxygen atoms in total. The number of nitrogens with one attached hydrogen (secondary N) is 2. The highest BCUT2D eigenvalue weighted by Crippen LogP contribution is 2.34. The summed E-state index contributed by atoms with van der Waals surface area (Å²) in [7, 11) is 1.68. The van der Waals surface area contributed by atoms with E-state index in [4.69, 9.17) is 15.3 Å². The summed E-state index contributed by atoms with van der Waals surface area (Å²) in [6.45, 7) is -0.396. The van der Waals surface area contributed by atoms with Gasteiger partial charge in [-0.1, -0.05) is 0 Å². The van der Waals surface area contributed by atoms with E-state index in [1.54, 1.807) is 7.05 Å². The summed E-state index contributed by atoms with van der Waals surface area (Å²) in [5.74, 6) is 0. The van der Waals surface area contributed by atoms with Crippen LogP contribution in [0.5, 0.6) is 0 Å². The summed E-state index contributed by atoms with van der Waals surface area (Å²) in [6.07, 6.45) is -2.64. The van der Waals surface area contributed by atoms with E-state index < -0.39 is 31.0 Å². The number of fused-ring (bicyclic) bond motifs is 1. The van der Waals surface area contributed by atoms with E-state index in [1.807, 2.05) is 0 Å². The van der Waals surface area contributed by atoms with Gasteiger partial charge in [-0.3, -0.25) is 10.5 Å². The first-order valence-electron chi connectivity index (χ1n) is 6.11. The Hall–Kier alpha value is -1.81. The zero-order valence-electron chi connectivity index (χ0n) is 10.7. The number of ether oxygens (including phenoxy) is 1. The van der Waals surface area contributed by atoms with Crippen molar-refractivity contribution in [3.8, 4) is 0 Å². The second kappa shape index (κ2) is 4.63. The lowest BCUT2D eigenvalue weighted by atomic mass is 10.1. The van der Waals surface area contributed by atoms with Crippen LogP contribution >= 0.6 is 0 Å². The Morgan fingerprint density at radius 2 is 2.15 bits per heavy atom. The Balaban J connectivity index is 2.08. The number of aliphatic hydroxyl groups excluding tert-OH is 3. The van der Waals surface area contributed by atoms with Gasteiger partial charge >= 0.3 is 0 Å². The Labute approximate surface area is 113 Å². The van der Waals surface area contributed by atoms with E-state index >= 15 is 0 Å². The van der Waals surface area contributed by atoms with Crippen LogP contribution in [0.25, 0.3) is 11.0 Å². The van der Waals surface area contributed by atoms with E-state index in [1.165, 1.54) is 10.9 Å². The average molecular weight is 281 g/mol. The zero-order valence-corrected chi connectivity index (χ0v) is 10.7. The molecular weight excluding hydrogens is 266 g/mol. The molecule has 9 heteroatoms. The summed E-state index contributed by atoms with van der Waals surface area (Å²) in [4.78, 5) is 4.17. The molecular formula is C11H15N5O4. The molecule has 0 spiro atoms. The van der Waals surface area contributed by atoms with Gasteiger partial charge in [0.15, 0.2) is 11.0 Å². The molecule has 108 valence electrons. The highest BCUT2D eigenvalue weighted by atomic mass is 16.6. The molecule has 20 heavy (non-hydrogen) atoms. The maximum Gasteiger partial charge on any atom is 0.156 e. The van der Waals surface area contributed by atoms with Crippen LogP contribution < -0.4 is 5.49 Å². The van der Waals surface area contributed by atoms with Crippen molar-refractivity contribution in [3.05, 3.63) is 17.5 Å². The number of hydrogen-bond donors (Lipinski definition) is 5. The van der Waals surface area contributed by atoms with E-state index in [2.05, 4.69) is 15.2 Å². The SMILES string of the molecule is Cn1cnc2c([C@@H]3O[C@H](CO)C(O)[C@@H]3O)[nH]nc2c1=N. The second-order valence-corrected chi connectivity index (χ2v) is 4.80. The maximum atomic E-state index is 10.0. The van der Waals surface area contributed by atoms with E-state index in [0.717, 1.165) is 0 Å². The van der Waals surface area contributed by atoms with Crippen molar-refractivity contribution in [1.82, 2.24) is 19.7 Å². The predicted molar refractivity (Wildman–Crippen MR) is 65.4 cm³/mol. The molecule has 0 bridgehead atoms. The molecule has 1 aliphatic heterocycles. The van der Waals surface area contributed by atoms with Gasteiger partial charge in [-0.25, -0.2) is 4.98 Å². The highest BCUT2D eigenvalue weighted by molar-refractivity contribution is 5.75. The number of hydrogen-bond acceptors (Lipinski definition) is 7. The van der Waals surface area contributed by atoms with Crippen molar-refractivity contribution in [1.29, 1.82) is 5.41 Å². The van der Waals surface area contributed by atoms with E-state index in [9.17, 15) is 10.2 Å². The Bertz CT molecular complexity index is 696. The van der Waals surface area contributed by atoms with Crippen LogP contribution in [-0.4, -0.2) is 60.0 Å². The number of nitrogens with zero attached hydrogens (tertiary/aromatic N) is 3. The fraction of sp³-hybridized carbons (Fsp3) is 0.545. The topological polar surface area (TPSA) is 140 Å². The number of aryl methyl sites for hydroxylation is 1. The molecule has 1 saturated heterocycles. The minimum atomic E-state index is -1.19. The lowest BCUT2D eigenvalue weighted by molar-refractivity contribution is -0.0236. The van der Waals surface area contributed by atoms with Crippen LogP contribution in [0.1, 0.15) is 11.8 Å². The van der Waals surface area contributed by atoms with Gasteiger partial charge in [-0.2, -0.15) is 5.10 Å². The molecule has 2 aromatic heterocycles. The van der Waals surface area contributed by atoms with Crippen molar-refractivity contribution in [2.45, 2.75) is 24.4 Å². The smallest absolute Gasteiger partial charge is 0.156 e. The highest BCUT2D eigenvalue weighted by Gasteiger charge is 2.44. The molecule has 0 amide bonds. The number of H-pyrrole nitrogens is 1. The maximum absolute atomic E-state index is 10.0. The Morgan fingerprint density at radius 1 is 1.40 bits per heavy atom. The summed E-state index contributed by atoms with van der Waals surface area (Å²) < 4.78 is 6.93. The third-order valence-electron chi connectivity index (χ3n) is 3.53. The molecule has 3 heterocycles. The van der Waals surface area contributed by atoms with E-state index in [0.29, 0.717) is 16.7 Å². The van der Waals surface area contributed by atoms with Gasteiger partial charge in [-0.05, 0) is 0 Å². The van der Waals surface area contributed by atoms with E-state index in [-0.39, 0.29) is 5.49 Å².